The van der Waals surface area contributed by atoms with Gasteiger partial charge in [0.1, 0.15) is 0 Å². The van der Waals surface area contributed by atoms with Gasteiger partial charge in [-0.2, -0.15) is 0 Å². The van der Waals surface area contributed by atoms with E-state index in [-0.39, 0.29) is 0 Å². The number of fused-ring (bicyclic) bond motifs is 1. The van der Waals surface area contributed by atoms with Gasteiger partial charge in [0.25, 0.3) is 0 Å². The fourth-order valence-electron chi connectivity index (χ4n) is 3.28. The normalized spacial score (nSPS) is 15.3. The van der Waals surface area contributed by atoms with Gasteiger partial charge in [-0.05, 0) is 48.8 Å². The molecule has 1 aliphatic rings. The third-order valence-corrected chi connectivity index (χ3v) is 4.54. The lowest BCUT2D eigenvalue weighted by Gasteiger charge is -2.16. The van der Waals surface area contributed by atoms with Gasteiger partial charge in [-0.3, -0.25) is 11.3 Å². The maximum absolute atomic E-state index is 5.72. The summed E-state index contributed by atoms with van der Waals surface area (Å²) in [7, 11) is 0. The Morgan fingerprint density at radius 2 is 1.90 bits per heavy atom. The van der Waals surface area contributed by atoms with Crippen LogP contribution in [0.4, 0.5) is 0 Å². The summed E-state index contributed by atoms with van der Waals surface area (Å²) >= 11 is 0. The van der Waals surface area contributed by atoms with Crippen molar-refractivity contribution in [1.29, 1.82) is 0 Å². The first kappa shape index (κ1) is 15.5. The molecular formula is C18H30N2. The second kappa shape index (κ2) is 8.43. The van der Waals surface area contributed by atoms with E-state index in [9.17, 15) is 0 Å². The van der Waals surface area contributed by atoms with Crippen LogP contribution in [0, 0.1) is 0 Å². The summed E-state index contributed by atoms with van der Waals surface area (Å²) in [5.41, 5.74) is 7.59. The lowest BCUT2D eigenvalue weighted by molar-refractivity contribution is 0.461. The molecule has 2 heteroatoms. The van der Waals surface area contributed by atoms with Gasteiger partial charge in [0, 0.05) is 6.04 Å². The molecular weight excluding hydrogens is 244 g/mol. The third-order valence-electron chi connectivity index (χ3n) is 4.54. The molecule has 1 atom stereocenters. The Morgan fingerprint density at radius 3 is 2.70 bits per heavy atom. The zero-order valence-corrected chi connectivity index (χ0v) is 13.0. The van der Waals surface area contributed by atoms with Gasteiger partial charge in [0.05, 0.1) is 0 Å². The molecule has 0 bridgehead atoms. The largest absolute Gasteiger partial charge is 0.271 e. The summed E-state index contributed by atoms with van der Waals surface area (Å²) in [5, 5.41) is 0. The monoisotopic (exact) mass is 274 g/mol. The van der Waals surface area contributed by atoms with E-state index in [2.05, 4.69) is 30.5 Å². The minimum Gasteiger partial charge on any atom is -0.271 e. The number of benzene rings is 1. The number of hydrogen-bond acceptors (Lipinski definition) is 2. The summed E-state index contributed by atoms with van der Waals surface area (Å²) in [6.07, 6.45) is 12.8. The molecule has 1 aromatic carbocycles. The Morgan fingerprint density at radius 1 is 1.10 bits per heavy atom. The van der Waals surface area contributed by atoms with Gasteiger partial charge in [-0.15, -0.1) is 0 Å². The zero-order chi connectivity index (χ0) is 14.2. The first-order valence-corrected chi connectivity index (χ1v) is 8.40. The zero-order valence-electron chi connectivity index (χ0n) is 13.0. The van der Waals surface area contributed by atoms with Crippen LogP contribution < -0.4 is 11.3 Å². The molecule has 0 radical (unpaired) electrons. The van der Waals surface area contributed by atoms with E-state index in [0.29, 0.717) is 6.04 Å². The van der Waals surface area contributed by atoms with Crippen LogP contribution in [0.5, 0.6) is 0 Å². The Bertz CT molecular complexity index is 400. The number of nitrogens with two attached hydrogens (primary N) is 1. The molecule has 1 aliphatic carbocycles. The Kier molecular flexibility index (Phi) is 6.55. The number of unbranched alkanes of at least 4 members (excludes halogenated alkanes) is 4. The molecule has 1 unspecified atom stereocenters. The van der Waals surface area contributed by atoms with Crippen LogP contribution in [0.1, 0.15) is 68.6 Å². The van der Waals surface area contributed by atoms with Crippen molar-refractivity contribution in [2.75, 3.05) is 0 Å². The lowest BCUT2D eigenvalue weighted by Crippen LogP contribution is -2.36. The molecule has 0 aromatic heterocycles. The molecule has 0 aliphatic heterocycles. The average Bonchev–Trinajstić information content (AvgIpc) is 2.93. The summed E-state index contributed by atoms with van der Waals surface area (Å²) in [6.45, 7) is 2.26. The highest BCUT2D eigenvalue weighted by Gasteiger charge is 2.13. The molecule has 3 N–H and O–H groups in total. The van der Waals surface area contributed by atoms with Crippen molar-refractivity contribution in [2.24, 2.45) is 5.84 Å². The molecule has 0 fully saturated rings. The van der Waals surface area contributed by atoms with Gasteiger partial charge in [0.2, 0.25) is 0 Å². The van der Waals surface area contributed by atoms with Gasteiger partial charge in [-0.1, -0.05) is 57.2 Å². The van der Waals surface area contributed by atoms with Crippen LogP contribution in [0.3, 0.4) is 0 Å². The van der Waals surface area contributed by atoms with Crippen molar-refractivity contribution in [3.8, 4) is 0 Å². The number of rotatable bonds is 9. The molecule has 0 saturated heterocycles. The minimum atomic E-state index is 0.427. The lowest BCUT2D eigenvalue weighted by atomic mass is 9.98. The van der Waals surface area contributed by atoms with E-state index in [1.807, 2.05) is 0 Å². The van der Waals surface area contributed by atoms with Crippen LogP contribution in [-0.4, -0.2) is 6.04 Å². The van der Waals surface area contributed by atoms with Gasteiger partial charge in [-0.25, -0.2) is 0 Å². The van der Waals surface area contributed by atoms with E-state index >= 15 is 0 Å². The smallest absolute Gasteiger partial charge is 0.0250 e. The highest BCUT2D eigenvalue weighted by molar-refractivity contribution is 5.35. The maximum atomic E-state index is 5.72. The third kappa shape index (κ3) is 4.60. The molecule has 2 rings (SSSR count). The fraction of sp³-hybridized carbons (Fsp3) is 0.667. The van der Waals surface area contributed by atoms with Crippen molar-refractivity contribution in [1.82, 2.24) is 5.43 Å². The van der Waals surface area contributed by atoms with Crippen LogP contribution in [-0.2, 0) is 19.3 Å². The van der Waals surface area contributed by atoms with Crippen molar-refractivity contribution in [3.63, 3.8) is 0 Å². The first-order chi connectivity index (χ1) is 9.83. The maximum Gasteiger partial charge on any atom is 0.0250 e. The Labute approximate surface area is 124 Å². The first-order valence-electron chi connectivity index (χ1n) is 8.40. The van der Waals surface area contributed by atoms with E-state index in [1.165, 1.54) is 63.4 Å². The number of hydrogen-bond donors (Lipinski definition) is 2. The van der Waals surface area contributed by atoms with Crippen LogP contribution in [0.25, 0.3) is 0 Å². The Hall–Kier alpha value is -0.860. The summed E-state index contributed by atoms with van der Waals surface area (Å²) < 4.78 is 0. The van der Waals surface area contributed by atoms with Crippen molar-refractivity contribution >= 4 is 0 Å². The van der Waals surface area contributed by atoms with E-state index in [4.69, 9.17) is 5.84 Å². The van der Waals surface area contributed by atoms with Crippen LogP contribution in [0.2, 0.25) is 0 Å². The molecule has 0 heterocycles. The molecule has 1 aromatic rings. The quantitative estimate of drug-likeness (QED) is 0.407. The van der Waals surface area contributed by atoms with Crippen LogP contribution in [0.15, 0.2) is 18.2 Å². The van der Waals surface area contributed by atoms with Crippen molar-refractivity contribution in [3.05, 3.63) is 34.9 Å². The van der Waals surface area contributed by atoms with Gasteiger partial charge in [0.15, 0.2) is 0 Å². The van der Waals surface area contributed by atoms with Crippen molar-refractivity contribution < 1.29 is 0 Å². The molecule has 20 heavy (non-hydrogen) atoms. The van der Waals surface area contributed by atoms with E-state index < -0.39 is 0 Å². The van der Waals surface area contributed by atoms with Crippen molar-refractivity contribution in [2.45, 2.75) is 77.2 Å². The second-order valence-corrected chi connectivity index (χ2v) is 6.23. The Balaban J connectivity index is 1.77. The minimum absolute atomic E-state index is 0.427. The number of hydrazine groups is 1. The van der Waals surface area contributed by atoms with Gasteiger partial charge >= 0.3 is 0 Å². The summed E-state index contributed by atoms with van der Waals surface area (Å²) in [6, 6.07) is 7.46. The molecule has 0 amide bonds. The van der Waals surface area contributed by atoms with E-state index in [0.717, 1.165) is 6.42 Å². The standard InChI is InChI=1S/C18H30N2/c1-2-3-4-5-6-10-18(20-19)14-15-11-12-16-8-7-9-17(16)13-15/h11-13,18,20H,2-10,14,19H2,1H3. The van der Waals surface area contributed by atoms with Crippen LogP contribution >= 0.6 is 0 Å². The number of nitrogens with one attached hydrogen (secondary N) is 1. The molecule has 2 nitrogen and oxygen atoms in total. The number of aryl methyl sites for hydroxylation is 2. The average molecular weight is 274 g/mol. The predicted molar refractivity (Wildman–Crippen MR) is 86.7 cm³/mol. The second-order valence-electron chi connectivity index (χ2n) is 6.23. The SMILES string of the molecule is CCCCCCCC(Cc1ccc2c(c1)CCC2)NN. The highest BCUT2D eigenvalue weighted by atomic mass is 15.2. The predicted octanol–water partition coefficient (Wildman–Crippen LogP) is 3.91. The molecule has 112 valence electrons. The summed E-state index contributed by atoms with van der Waals surface area (Å²) in [5.74, 6) is 5.72. The van der Waals surface area contributed by atoms with Gasteiger partial charge < -0.3 is 0 Å². The molecule has 0 saturated carbocycles. The fourth-order valence-corrected chi connectivity index (χ4v) is 3.28. The highest BCUT2D eigenvalue weighted by Crippen LogP contribution is 2.23. The van der Waals surface area contributed by atoms with E-state index in [1.54, 1.807) is 11.1 Å². The topological polar surface area (TPSA) is 38.0 Å². The summed E-state index contributed by atoms with van der Waals surface area (Å²) in [4.78, 5) is 0. The molecule has 0 spiro atoms.